The maximum absolute atomic E-state index is 6.29. The Morgan fingerprint density at radius 2 is 2.00 bits per heavy atom. The SMILES string of the molecule is CC12CN(Cc3ccccc3)CC1(N)C2. The van der Waals surface area contributed by atoms with Gasteiger partial charge < -0.3 is 5.73 Å². The third kappa shape index (κ3) is 1.40. The lowest BCUT2D eigenvalue weighted by molar-refractivity contribution is 0.275. The topological polar surface area (TPSA) is 29.3 Å². The van der Waals surface area contributed by atoms with Gasteiger partial charge in [0.15, 0.2) is 0 Å². The zero-order chi connectivity index (χ0) is 10.5. The van der Waals surface area contributed by atoms with Crippen molar-refractivity contribution in [3.05, 3.63) is 35.9 Å². The van der Waals surface area contributed by atoms with Crippen molar-refractivity contribution in [1.82, 2.24) is 4.90 Å². The lowest BCUT2D eigenvalue weighted by Crippen LogP contribution is -2.33. The van der Waals surface area contributed by atoms with Crippen LogP contribution in [0.2, 0.25) is 0 Å². The Kier molecular flexibility index (Phi) is 1.77. The van der Waals surface area contributed by atoms with Crippen LogP contribution in [0, 0.1) is 5.41 Å². The number of hydrogen-bond acceptors (Lipinski definition) is 2. The highest BCUT2D eigenvalue weighted by molar-refractivity contribution is 5.25. The van der Waals surface area contributed by atoms with E-state index in [1.54, 1.807) is 0 Å². The van der Waals surface area contributed by atoms with Gasteiger partial charge in [0.2, 0.25) is 0 Å². The van der Waals surface area contributed by atoms with E-state index >= 15 is 0 Å². The Morgan fingerprint density at radius 1 is 1.27 bits per heavy atom. The van der Waals surface area contributed by atoms with Crippen LogP contribution in [0.1, 0.15) is 18.9 Å². The van der Waals surface area contributed by atoms with Crippen LogP contribution in [0.5, 0.6) is 0 Å². The van der Waals surface area contributed by atoms with Crippen molar-refractivity contribution in [2.75, 3.05) is 13.1 Å². The fourth-order valence-corrected chi connectivity index (χ4v) is 3.01. The van der Waals surface area contributed by atoms with Crippen LogP contribution in [0.3, 0.4) is 0 Å². The number of rotatable bonds is 2. The van der Waals surface area contributed by atoms with Crippen molar-refractivity contribution in [2.45, 2.75) is 25.4 Å². The van der Waals surface area contributed by atoms with E-state index in [2.05, 4.69) is 42.2 Å². The molecule has 2 heteroatoms. The monoisotopic (exact) mass is 202 g/mol. The molecule has 2 nitrogen and oxygen atoms in total. The van der Waals surface area contributed by atoms with Crippen LogP contribution in [-0.2, 0) is 6.54 Å². The molecule has 1 aliphatic carbocycles. The molecule has 3 rings (SSSR count). The predicted octanol–water partition coefficient (Wildman–Crippen LogP) is 1.61. The van der Waals surface area contributed by atoms with E-state index in [-0.39, 0.29) is 5.54 Å². The Balaban J connectivity index is 1.68. The van der Waals surface area contributed by atoms with Gasteiger partial charge >= 0.3 is 0 Å². The van der Waals surface area contributed by atoms with Crippen molar-refractivity contribution in [1.29, 1.82) is 0 Å². The van der Waals surface area contributed by atoms with Crippen molar-refractivity contribution in [2.24, 2.45) is 11.1 Å². The molecule has 2 atom stereocenters. The lowest BCUT2D eigenvalue weighted by atomic mass is 10.1. The third-order valence-electron chi connectivity index (χ3n) is 4.11. The number of piperidine rings is 1. The van der Waals surface area contributed by atoms with E-state index in [1.807, 2.05) is 0 Å². The van der Waals surface area contributed by atoms with Crippen LogP contribution < -0.4 is 5.73 Å². The predicted molar refractivity (Wildman–Crippen MR) is 61.4 cm³/mol. The standard InChI is InChI=1S/C13H18N2/c1-12-8-13(12,14)10-15(9-12)7-11-5-3-2-4-6-11/h2-6H,7-10,14H2,1H3. The molecule has 2 aliphatic rings. The highest BCUT2D eigenvalue weighted by atomic mass is 15.2. The van der Waals surface area contributed by atoms with Gasteiger partial charge in [-0.15, -0.1) is 0 Å². The maximum Gasteiger partial charge on any atom is 0.0357 e. The summed E-state index contributed by atoms with van der Waals surface area (Å²) in [5, 5.41) is 0. The van der Waals surface area contributed by atoms with Gasteiger partial charge in [-0.2, -0.15) is 0 Å². The number of fused-ring (bicyclic) bond motifs is 1. The molecule has 1 heterocycles. The number of hydrogen-bond donors (Lipinski definition) is 1. The Bertz CT molecular complexity index is 359. The second kappa shape index (κ2) is 2.83. The van der Waals surface area contributed by atoms with Gasteiger partial charge in [0.05, 0.1) is 0 Å². The molecule has 0 radical (unpaired) electrons. The first-order chi connectivity index (χ1) is 7.11. The molecule has 1 aromatic rings. The highest BCUT2D eigenvalue weighted by Crippen LogP contribution is 2.59. The van der Waals surface area contributed by atoms with E-state index in [0.29, 0.717) is 5.41 Å². The van der Waals surface area contributed by atoms with Crippen LogP contribution in [0.4, 0.5) is 0 Å². The average Bonchev–Trinajstić information content (AvgIpc) is 2.58. The van der Waals surface area contributed by atoms with Crippen LogP contribution in [0.15, 0.2) is 30.3 Å². The van der Waals surface area contributed by atoms with Gasteiger partial charge in [0, 0.05) is 30.6 Å². The summed E-state index contributed by atoms with van der Waals surface area (Å²) in [6.07, 6.45) is 1.21. The Morgan fingerprint density at radius 3 is 2.60 bits per heavy atom. The molecule has 1 saturated carbocycles. The molecular weight excluding hydrogens is 184 g/mol. The van der Waals surface area contributed by atoms with Crippen LogP contribution in [-0.4, -0.2) is 23.5 Å². The molecule has 0 amide bonds. The second-order valence-corrected chi connectivity index (χ2v) is 5.52. The molecular formula is C13H18N2. The average molecular weight is 202 g/mol. The second-order valence-electron chi connectivity index (χ2n) is 5.52. The van der Waals surface area contributed by atoms with Crippen molar-refractivity contribution >= 4 is 0 Å². The smallest absolute Gasteiger partial charge is 0.0357 e. The van der Waals surface area contributed by atoms with Gasteiger partial charge in [-0.25, -0.2) is 0 Å². The molecule has 2 unspecified atom stereocenters. The number of likely N-dealkylation sites (tertiary alicyclic amines) is 1. The van der Waals surface area contributed by atoms with E-state index < -0.39 is 0 Å². The fraction of sp³-hybridized carbons (Fsp3) is 0.538. The van der Waals surface area contributed by atoms with Gasteiger partial charge in [0.1, 0.15) is 0 Å². The van der Waals surface area contributed by atoms with Crippen molar-refractivity contribution in [3.8, 4) is 0 Å². The van der Waals surface area contributed by atoms with Crippen LogP contribution in [0.25, 0.3) is 0 Å². The number of benzene rings is 1. The molecule has 1 aromatic carbocycles. The van der Waals surface area contributed by atoms with Gasteiger partial charge in [-0.3, -0.25) is 4.90 Å². The quantitative estimate of drug-likeness (QED) is 0.789. The summed E-state index contributed by atoms with van der Waals surface area (Å²) in [4.78, 5) is 2.48. The summed E-state index contributed by atoms with van der Waals surface area (Å²) in [5.74, 6) is 0. The summed E-state index contributed by atoms with van der Waals surface area (Å²) in [7, 11) is 0. The minimum Gasteiger partial charge on any atom is -0.323 e. The van der Waals surface area contributed by atoms with E-state index in [9.17, 15) is 0 Å². The van der Waals surface area contributed by atoms with Gasteiger partial charge in [-0.05, 0) is 12.0 Å². The molecule has 0 bridgehead atoms. The zero-order valence-corrected chi connectivity index (χ0v) is 9.24. The maximum atomic E-state index is 6.29. The van der Waals surface area contributed by atoms with E-state index in [1.165, 1.54) is 18.5 Å². The largest absolute Gasteiger partial charge is 0.323 e. The first kappa shape index (κ1) is 9.37. The molecule has 0 spiro atoms. The van der Waals surface area contributed by atoms with Crippen LogP contribution >= 0.6 is 0 Å². The molecule has 0 aromatic heterocycles. The fourth-order valence-electron chi connectivity index (χ4n) is 3.01. The molecule has 80 valence electrons. The molecule has 1 saturated heterocycles. The highest BCUT2D eigenvalue weighted by Gasteiger charge is 2.66. The third-order valence-corrected chi connectivity index (χ3v) is 4.11. The van der Waals surface area contributed by atoms with Gasteiger partial charge in [0.25, 0.3) is 0 Å². The summed E-state index contributed by atoms with van der Waals surface area (Å²) < 4.78 is 0. The summed E-state index contributed by atoms with van der Waals surface area (Å²) in [6.45, 7) is 5.60. The van der Waals surface area contributed by atoms with E-state index in [4.69, 9.17) is 5.73 Å². The van der Waals surface area contributed by atoms with Crippen molar-refractivity contribution < 1.29 is 0 Å². The minimum atomic E-state index is 0.127. The van der Waals surface area contributed by atoms with E-state index in [0.717, 1.165) is 13.1 Å². The lowest BCUT2D eigenvalue weighted by Gasteiger charge is -2.19. The Hall–Kier alpha value is -0.860. The summed E-state index contributed by atoms with van der Waals surface area (Å²) >= 11 is 0. The normalized spacial score (nSPS) is 39.1. The minimum absolute atomic E-state index is 0.127. The van der Waals surface area contributed by atoms with Gasteiger partial charge in [-0.1, -0.05) is 37.3 Å². The summed E-state index contributed by atoms with van der Waals surface area (Å²) in [5.41, 5.74) is 8.21. The number of nitrogens with zero attached hydrogens (tertiary/aromatic N) is 1. The zero-order valence-electron chi connectivity index (χ0n) is 9.24. The molecule has 2 N–H and O–H groups in total. The molecule has 1 aliphatic heterocycles. The molecule has 15 heavy (non-hydrogen) atoms. The molecule has 2 fully saturated rings. The Labute approximate surface area is 91.1 Å². The number of nitrogens with two attached hydrogens (primary N) is 1. The summed E-state index contributed by atoms with van der Waals surface area (Å²) in [6, 6.07) is 10.7. The first-order valence-electron chi connectivity index (χ1n) is 5.67. The van der Waals surface area contributed by atoms with Crippen molar-refractivity contribution in [3.63, 3.8) is 0 Å². The first-order valence-corrected chi connectivity index (χ1v) is 5.67.